The topological polar surface area (TPSA) is 93.8 Å². The molecule has 0 saturated carbocycles. The maximum absolute atomic E-state index is 12.1. The van der Waals surface area contributed by atoms with Crippen molar-refractivity contribution in [3.63, 3.8) is 0 Å². The third-order valence-electron chi connectivity index (χ3n) is 3.62. The summed E-state index contributed by atoms with van der Waals surface area (Å²) in [5, 5.41) is 3.03. The normalized spacial score (nSPS) is 15.0. The first-order valence-electron chi connectivity index (χ1n) is 7.88. The maximum Gasteiger partial charge on any atom is 0.286 e. The quantitative estimate of drug-likeness (QED) is 0.793. The van der Waals surface area contributed by atoms with Gasteiger partial charge in [-0.2, -0.15) is 4.99 Å². The molecule has 0 radical (unpaired) electrons. The molecule has 132 valence electrons. The van der Waals surface area contributed by atoms with Crippen LogP contribution in [0, 0.1) is 6.92 Å². The molecule has 7 heteroatoms. The van der Waals surface area contributed by atoms with Crippen molar-refractivity contribution in [3.8, 4) is 5.75 Å². The zero-order valence-electron chi connectivity index (χ0n) is 14.1. The average molecular weight is 367 g/mol. The molecule has 2 amide bonds. The molecule has 2 aromatic carbocycles. The molecular weight excluding hydrogens is 350 g/mol. The largest absolute Gasteiger partial charge is 0.483 e. The number of nitrogens with one attached hydrogen (secondary N) is 1. The van der Waals surface area contributed by atoms with Crippen LogP contribution in [0.3, 0.4) is 0 Å². The van der Waals surface area contributed by atoms with E-state index < -0.39 is 0 Å². The molecule has 2 aromatic rings. The minimum atomic E-state index is -0.375. The number of thioether (sulfide) groups is 1. The zero-order valence-corrected chi connectivity index (χ0v) is 14.9. The Morgan fingerprint density at radius 3 is 2.69 bits per heavy atom. The predicted octanol–water partition coefficient (Wildman–Crippen LogP) is 2.94. The SMILES string of the molecule is Cc1ccccc1NC(=O)COc1ccccc1/C=C1\SC(N)=NC1=O. The van der Waals surface area contributed by atoms with Gasteiger partial charge in [0.2, 0.25) is 0 Å². The van der Waals surface area contributed by atoms with Gasteiger partial charge in [0.25, 0.3) is 11.8 Å². The van der Waals surface area contributed by atoms with Crippen LogP contribution in [0.25, 0.3) is 6.08 Å². The van der Waals surface area contributed by atoms with E-state index in [1.54, 1.807) is 24.3 Å². The predicted molar refractivity (Wildman–Crippen MR) is 104 cm³/mol. The van der Waals surface area contributed by atoms with Crippen LogP contribution in [0.5, 0.6) is 5.75 Å². The zero-order chi connectivity index (χ0) is 18.5. The Hall–Kier alpha value is -3.06. The van der Waals surface area contributed by atoms with Gasteiger partial charge in [-0.3, -0.25) is 9.59 Å². The monoisotopic (exact) mass is 367 g/mol. The van der Waals surface area contributed by atoms with Crippen LogP contribution in [-0.4, -0.2) is 23.6 Å². The number of nitrogens with zero attached hydrogens (tertiary/aromatic N) is 1. The molecule has 1 heterocycles. The number of para-hydroxylation sites is 2. The molecule has 0 atom stereocenters. The molecule has 6 nitrogen and oxygen atoms in total. The van der Waals surface area contributed by atoms with Crippen molar-refractivity contribution in [1.29, 1.82) is 0 Å². The van der Waals surface area contributed by atoms with Crippen LogP contribution < -0.4 is 15.8 Å². The molecule has 0 unspecified atom stereocenters. The first-order valence-corrected chi connectivity index (χ1v) is 8.70. The Balaban J connectivity index is 1.67. The fourth-order valence-electron chi connectivity index (χ4n) is 2.34. The highest BCUT2D eigenvalue weighted by atomic mass is 32.2. The Morgan fingerprint density at radius 2 is 1.96 bits per heavy atom. The van der Waals surface area contributed by atoms with Gasteiger partial charge in [-0.15, -0.1) is 0 Å². The van der Waals surface area contributed by atoms with E-state index in [0.29, 0.717) is 16.2 Å². The summed E-state index contributed by atoms with van der Waals surface area (Å²) >= 11 is 1.11. The van der Waals surface area contributed by atoms with E-state index in [-0.39, 0.29) is 23.6 Å². The summed E-state index contributed by atoms with van der Waals surface area (Å²) in [4.78, 5) is 28.0. The number of anilines is 1. The Bertz CT molecular complexity index is 922. The van der Waals surface area contributed by atoms with Crippen molar-refractivity contribution in [2.75, 3.05) is 11.9 Å². The van der Waals surface area contributed by atoms with Gasteiger partial charge < -0.3 is 15.8 Å². The lowest BCUT2D eigenvalue weighted by Crippen LogP contribution is -2.20. The number of carbonyl (C=O) groups is 2. The number of amidine groups is 1. The lowest BCUT2D eigenvalue weighted by molar-refractivity contribution is -0.118. The van der Waals surface area contributed by atoms with Gasteiger partial charge in [0.05, 0.1) is 4.91 Å². The summed E-state index contributed by atoms with van der Waals surface area (Å²) in [6, 6.07) is 14.7. The number of aliphatic imine (C=N–C) groups is 1. The van der Waals surface area contributed by atoms with Crippen molar-refractivity contribution in [3.05, 3.63) is 64.6 Å². The first-order chi connectivity index (χ1) is 12.5. The lowest BCUT2D eigenvalue weighted by Gasteiger charge is -2.11. The van der Waals surface area contributed by atoms with Gasteiger partial charge in [0.15, 0.2) is 11.8 Å². The van der Waals surface area contributed by atoms with Gasteiger partial charge in [-0.1, -0.05) is 36.4 Å². The average Bonchev–Trinajstić information content (AvgIpc) is 2.93. The second-order valence-electron chi connectivity index (χ2n) is 5.56. The number of rotatable bonds is 5. The number of hydrogen-bond donors (Lipinski definition) is 2. The Morgan fingerprint density at radius 1 is 1.23 bits per heavy atom. The molecule has 1 aliphatic rings. The highest BCUT2D eigenvalue weighted by Gasteiger charge is 2.20. The van der Waals surface area contributed by atoms with Crippen LogP contribution in [0.15, 0.2) is 58.4 Å². The van der Waals surface area contributed by atoms with E-state index in [9.17, 15) is 9.59 Å². The van der Waals surface area contributed by atoms with E-state index >= 15 is 0 Å². The fourth-order valence-corrected chi connectivity index (χ4v) is 3.01. The number of amides is 2. The summed E-state index contributed by atoms with van der Waals surface area (Å²) < 4.78 is 5.64. The third-order valence-corrected chi connectivity index (χ3v) is 4.43. The molecule has 0 fully saturated rings. The number of benzene rings is 2. The summed E-state index contributed by atoms with van der Waals surface area (Å²) in [7, 11) is 0. The molecule has 3 N–H and O–H groups in total. The summed E-state index contributed by atoms with van der Waals surface area (Å²) in [5.74, 6) is -0.140. The van der Waals surface area contributed by atoms with Gasteiger partial charge in [-0.05, 0) is 42.5 Å². The second-order valence-corrected chi connectivity index (χ2v) is 6.62. The minimum Gasteiger partial charge on any atom is -0.483 e. The van der Waals surface area contributed by atoms with Crippen molar-refractivity contribution in [2.45, 2.75) is 6.92 Å². The second kappa shape index (κ2) is 7.88. The number of hydrogen-bond acceptors (Lipinski definition) is 5. The Kier molecular flexibility index (Phi) is 5.38. The minimum absolute atomic E-state index is 0.145. The smallest absolute Gasteiger partial charge is 0.286 e. The summed E-state index contributed by atoms with van der Waals surface area (Å²) in [5.41, 5.74) is 7.96. The van der Waals surface area contributed by atoms with Crippen LogP contribution in [-0.2, 0) is 9.59 Å². The molecule has 26 heavy (non-hydrogen) atoms. The molecule has 0 aromatic heterocycles. The molecule has 0 aliphatic carbocycles. The van der Waals surface area contributed by atoms with E-state index in [2.05, 4.69) is 10.3 Å². The standard InChI is InChI=1S/C19H17N3O3S/c1-12-6-2-4-8-14(12)21-17(23)11-25-15-9-5-3-7-13(15)10-16-18(24)22-19(20)26-16/h2-10H,11H2,1H3,(H,21,23)(H2,20,22,24)/b16-10-. The van der Waals surface area contributed by atoms with Crippen molar-refractivity contribution < 1.29 is 14.3 Å². The number of carbonyl (C=O) groups excluding carboxylic acids is 2. The van der Waals surface area contributed by atoms with Crippen LogP contribution in [0.2, 0.25) is 0 Å². The van der Waals surface area contributed by atoms with E-state index in [4.69, 9.17) is 10.5 Å². The van der Waals surface area contributed by atoms with Crippen molar-refractivity contribution in [1.82, 2.24) is 0 Å². The van der Waals surface area contributed by atoms with Crippen molar-refractivity contribution in [2.24, 2.45) is 10.7 Å². The maximum atomic E-state index is 12.1. The molecular formula is C19H17N3O3S. The number of aryl methyl sites for hydroxylation is 1. The van der Waals surface area contributed by atoms with Gasteiger partial charge in [0, 0.05) is 11.3 Å². The number of nitrogens with two attached hydrogens (primary N) is 1. The first kappa shape index (κ1) is 17.8. The van der Waals surface area contributed by atoms with Gasteiger partial charge in [0.1, 0.15) is 5.75 Å². The Labute approximate surface area is 155 Å². The molecule has 0 spiro atoms. The number of ether oxygens (including phenoxy) is 1. The highest BCUT2D eigenvalue weighted by molar-refractivity contribution is 8.18. The molecule has 0 saturated heterocycles. The molecule has 3 rings (SSSR count). The van der Waals surface area contributed by atoms with Gasteiger partial charge in [-0.25, -0.2) is 0 Å². The molecule has 1 aliphatic heterocycles. The van der Waals surface area contributed by atoms with Gasteiger partial charge >= 0.3 is 0 Å². The fraction of sp³-hybridized carbons (Fsp3) is 0.105. The summed E-state index contributed by atoms with van der Waals surface area (Å²) in [6.07, 6.45) is 1.66. The van der Waals surface area contributed by atoms with Crippen LogP contribution in [0.4, 0.5) is 5.69 Å². The van der Waals surface area contributed by atoms with E-state index in [1.165, 1.54) is 0 Å². The van der Waals surface area contributed by atoms with E-state index in [0.717, 1.165) is 23.0 Å². The lowest BCUT2D eigenvalue weighted by atomic mass is 10.2. The van der Waals surface area contributed by atoms with Crippen LogP contribution >= 0.6 is 11.8 Å². The third kappa shape index (κ3) is 4.31. The summed E-state index contributed by atoms with van der Waals surface area (Å²) in [6.45, 7) is 1.77. The van der Waals surface area contributed by atoms with E-state index in [1.807, 2.05) is 37.3 Å². The van der Waals surface area contributed by atoms with Crippen LogP contribution in [0.1, 0.15) is 11.1 Å². The van der Waals surface area contributed by atoms with Crippen molar-refractivity contribution >= 4 is 40.5 Å². The highest BCUT2D eigenvalue weighted by Crippen LogP contribution is 2.29. The molecule has 0 bridgehead atoms.